The summed E-state index contributed by atoms with van der Waals surface area (Å²) in [5.41, 5.74) is 0.805. The number of methoxy groups -OCH3 is 1. The number of rotatable bonds is 6. The van der Waals surface area contributed by atoms with E-state index >= 15 is 0 Å². The van der Waals surface area contributed by atoms with Crippen molar-refractivity contribution in [3.8, 4) is 5.75 Å². The van der Waals surface area contributed by atoms with E-state index in [0.717, 1.165) is 37.3 Å². The van der Waals surface area contributed by atoms with E-state index in [0.29, 0.717) is 23.6 Å². The fourth-order valence-corrected chi connectivity index (χ4v) is 4.16. The van der Waals surface area contributed by atoms with Crippen molar-refractivity contribution >= 4 is 10.9 Å². The lowest BCUT2D eigenvalue weighted by Gasteiger charge is -2.37. The quantitative estimate of drug-likeness (QED) is 0.784. The van der Waals surface area contributed by atoms with Crippen molar-refractivity contribution in [3.05, 3.63) is 34.4 Å². The van der Waals surface area contributed by atoms with Crippen LogP contribution in [0.2, 0.25) is 0 Å². The Balaban J connectivity index is 2.12. The summed E-state index contributed by atoms with van der Waals surface area (Å²) in [6.07, 6.45) is 4.62. The third-order valence-electron chi connectivity index (χ3n) is 5.50. The molecule has 0 saturated carbocycles. The fraction of sp³-hybridized carbons (Fsp3) is 0.619. The number of hydrogen-bond donors (Lipinski definition) is 0. The van der Waals surface area contributed by atoms with Crippen LogP contribution in [0, 0.1) is 5.92 Å². The summed E-state index contributed by atoms with van der Waals surface area (Å²) in [5.74, 6) is 2.32. The minimum Gasteiger partial charge on any atom is -0.497 e. The van der Waals surface area contributed by atoms with Gasteiger partial charge in [-0.15, -0.1) is 0 Å². The molecule has 1 aromatic carbocycles. The highest BCUT2D eigenvalue weighted by Crippen LogP contribution is 2.30. The largest absolute Gasteiger partial charge is 0.497 e. The number of likely N-dealkylation sites (tertiary alicyclic amines) is 1. The summed E-state index contributed by atoms with van der Waals surface area (Å²) in [6.45, 7) is 9.38. The molecule has 1 fully saturated rings. The Morgan fingerprint density at radius 3 is 2.81 bits per heavy atom. The highest BCUT2D eigenvalue weighted by Gasteiger charge is 2.28. The van der Waals surface area contributed by atoms with Crippen molar-refractivity contribution in [2.45, 2.75) is 59.0 Å². The highest BCUT2D eigenvalue weighted by molar-refractivity contribution is 5.79. The molecule has 0 unspecified atom stereocenters. The van der Waals surface area contributed by atoms with Crippen LogP contribution >= 0.6 is 0 Å². The molecule has 2 atom stereocenters. The summed E-state index contributed by atoms with van der Waals surface area (Å²) < 4.78 is 7.15. The van der Waals surface area contributed by atoms with E-state index in [1.165, 1.54) is 12.8 Å². The molecule has 0 spiro atoms. The minimum absolute atomic E-state index is 0.0394. The highest BCUT2D eigenvalue weighted by atomic mass is 16.5. The summed E-state index contributed by atoms with van der Waals surface area (Å²) in [5, 5.41) is 0.636. The maximum absolute atomic E-state index is 13.2. The summed E-state index contributed by atoms with van der Waals surface area (Å²) in [6, 6.07) is 5.80. The first kappa shape index (κ1) is 18.9. The number of aromatic nitrogens is 2. The van der Waals surface area contributed by atoms with Gasteiger partial charge in [0.1, 0.15) is 11.6 Å². The first-order chi connectivity index (χ1) is 12.6. The van der Waals surface area contributed by atoms with Gasteiger partial charge in [-0.3, -0.25) is 14.3 Å². The average Bonchev–Trinajstić information content (AvgIpc) is 2.65. The molecular formula is C21H31N3O2. The second kappa shape index (κ2) is 8.21. The summed E-state index contributed by atoms with van der Waals surface area (Å²) in [4.78, 5) is 20.7. The lowest BCUT2D eigenvalue weighted by Crippen LogP contribution is -2.40. The monoisotopic (exact) mass is 357 g/mol. The van der Waals surface area contributed by atoms with Crippen molar-refractivity contribution in [2.75, 3.05) is 20.2 Å². The van der Waals surface area contributed by atoms with Gasteiger partial charge in [0.25, 0.3) is 5.56 Å². The van der Waals surface area contributed by atoms with E-state index in [9.17, 15) is 4.79 Å². The van der Waals surface area contributed by atoms with Crippen LogP contribution in [0.5, 0.6) is 5.75 Å². The van der Waals surface area contributed by atoms with Gasteiger partial charge >= 0.3 is 0 Å². The maximum Gasteiger partial charge on any atom is 0.261 e. The van der Waals surface area contributed by atoms with Gasteiger partial charge in [-0.1, -0.05) is 20.3 Å². The van der Waals surface area contributed by atoms with Crippen molar-refractivity contribution in [3.63, 3.8) is 0 Å². The molecule has 1 aliphatic heterocycles. The van der Waals surface area contributed by atoms with Gasteiger partial charge in [-0.05, 0) is 56.8 Å². The van der Waals surface area contributed by atoms with E-state index in [-0.39, 0.29) is 11.6 Å². The summed E-state index contributed by atoms with van der Waals surface area (Å²) in [7, 11) is 1.62. The standard InChI is InChI=1S/C21H31N3O2/c1-5-8-19(23-12-7-9-15(3)14-23)20-22-18-11-10-16(26-4)13-17(18)21(25)24(20)6-2/h10-11,13,15,19H,5-9,12,14H2,1-4H3/t15-,19+/m0/s1. The van der Waals surface area contributed by atoms with E-state index in [4.69, 9.17) is 9.72 Å². The molecule has 5 nitrogen and oxygen atoms in total. The van der Waals surface area contributed by atoms with Gasteiger partial charge in [-0.2, -0.15) is 0 Å². The Hall–Kier alpha value is -1.88. The third-order valence-corrected chi connectivity index (χ3v) is 5.50. The van der Waals surface area contributed by atoms with Crippen LogP contribution < -0.4 is 10.3 Å². The average molecular weight is 357 g/mol. The Morgan fingerprint density at radius 2 is 2.15 bits per heavy atom. The lowest BCUT2D eigenvalue weighted by molar-refractivity contribution is 0.115. The van der Waals surface area contributed by atoms with Crippen LogP contribution in [0.3, 0.4) is 0 Å². The first-order valence-electron chi connectivity index (χ1n) is 9.91. The molecule has 5 heteroatoms. The van der Waals surface area contributed by atoms with E-state index in [2.05, 4.69) is 18.7 Å². The van der Waals surface area contributed by atoms with Crippen molar-refractivity contribution < 1.29 is 4.74 Å². The number of piperidine rings is 1. The third kappa shape index (κ3) is 3.63. The Bertz CT molecular complexity index is 815. The predicted octanol–water partition coefficient (Wildman–Crippen LogP) is 4.00. The van der Waals surface area contributed by atoms with Gasteiger partial charge in [0.05, 0.1) is 24.1 Å². The number of ether oxygens (including phenoxy) is 1. The first-order valence-corrected chi connectivity index (χ1v) is 9.91. The van der Waals surface area contributed by atoms with Crippen molar-refractivity contribution in [2.24, 2.45) is 5.92 Å². The molecule has 1 saturated heterocycles. The zero-order valence-electron chi connectivity index (χ0n) is 16.5. The smallest absolute Gasteiger partial charge is 0.261 e. The van der Waals surface area contributed by atoms with Crippen molar-refractivity contribution in [1.29, 1.82) is 0 Å². The molecule has 0 amide bonds. The topological polar surface area (TPSA) is 47.4 Å². The van der Waals surface area contributed by atoms with E-state index in [1.54, 1.807) is 13.2 Å². The van der Waals surface area contributed by atoms with E-state index in [1.807, 2.05) is 23.6 Å². The molecular weight excluding hydrogens is 326 g/mol. The van der Waals surface area contributed by atoms with Gasteiger partial charge in [0, 0.05) is 13.1 Å². The van der Waals surface area contributed by atoms with Gasteiger partial charge < -0.3 is 4.74 Å². The second-order valence-corrected chi connectivity index (χ2v) is 7.45. The molecule has 26 heavy (non-hydrogen) atoms. The normalized spacial score (nSPS) is 19.6. The Morgan fingerprint density at radius 1 is 1.35 bits per heavy atom. The Kier molecular flexibility index (Phi) is 5.97. The molecule has 2 heterocycles. The Labute approximate surface area is 156 Å². The molecule has 1 aliphatic rings. The second-order valence-electron chi connectivity index (χ2n) is 7.45. The molecule has 0 N–H and O–H groups in total. The SMILES string of the molecule is CCC[C@H](c1nc2ccc(OC)cc2c(=O)n1CC)N1CCC[C@H](C)C1. The maximum atomic E-state index is 13.2. The minimum atomic E-state index is 0.0394. The fourth-order valence-electron chi connectivity index (χ4n) is 4.16. The molecule has 142 valence electrons. The molecule has 0 bridgehead atoms. The van der Waals surface area contributed by atoms with Crippen LogP contribution in [-0.4, -0.2) is 34.7 Å². The zero-order chi connectivity index (χ0) is 18.7. The predicted molar refractivity (Wildman–Crippen MR) is 106 cm³/mol. The van der Waals surface area contributed by atoms with Crippen LogP contribution in [-0.2, 0) is 6.54 Å². The van der Waals surface area contributed by atoms with Crippen LogP contribution in [0.1, 0.15) is 58.3 Å². The van der Waals surface area contributed by atoms with Crippen LogP contribution in [0.25, 0.3) is 10.9 Å². The molecule has 0 aliphatic carbocycles. The number of hydrogen-bond acceptors (Lipinski definition) is 4. The number of benzene rings is 1. The molecule has 3 rings (SSSR count). The van der Waals surface area contributed by atoms with Gasteiger partial charge in [0.2, 0.25) is 0 Å². The van der Waals surface area contributed by atoms with E-state index < -0.39 is 0 Å². The number of fused-ring (bicyclic) bond motifs is 1. The lowest BCUT2D eigenvalue weighted by atomic mass is 9.97. The van der Waals surface area contributed by atoms with Gasteiger partial charge in [-0.25, -0.2) is 4.98 Å². The molecule has 1 aromatic heterocycles. The van der Waals surface area contributed by atoms with Crippen molar-refractivity contribution in [1.82, 2.24) is 14.5 Å². The van der Waals surface area contributed by atoms with Crippen LogP contribution in [0.4, 0.5) is 0 Å². The molecule has 2 aromatic rings. The summed E-state index contributed by atoms with van der Waals surface area (Å²) >= 11 is 0. The van der Waals surface area contributed by atoms with Gasteiger partial charge in [0.15, 0.2) is 0 Å². The number of nitrogens with zero attached hydrogens (tertiary/aromatic N) is 3. The zero-order valence-corrected chi connectivity index (χ0v) is 16.5. The van der Waals surface area contributed by atoms with Crippen LogP contribution in [0.15, 0.2) is 23.0 Å². The molecule has 0 radical (unpaired) electrons.